The maximum absolute atomic E-state index is 12.7. The van der Waals surface area contributed by atoms with Crippen molar-refractivity contribution < 1.29 is 13.9 Å². The fourth-order valence-corrected chi connectivity index (χ4v) is 3.30. The lowest BCUT2D eigenvalue weighted by atomic mass is 9.98. The average Bonchev–Trinajstić information content (AvgIpc) is 3.18. The van der Waals surface area contributed by atoms with Gasteiger partial charge in [-0.15, -0.1) is 0 Å². The summed E-state index contributed by atoms with van der Waals surface area (Å²) in [6.07, 6.45) is 3.99. The maximum Gasteiger partial charge on any atom is 0.276 e. The molecule has 0 saturated carbocycles. The minimum atomic E-state index is -0.0907. The number of oxazole rings is 1. The van der Waals surface area contributed by atoms with Crippen molar-refractivity contribution in [2.45, 2.75) is 13.3 Å². The van der Waals surface area contributed by atoms with Crippen LogP contribution in [0, 0.1) is 12.8 Å². The first-order valence-electron chi connectivity index (χ1n) is 8.40. The monoisotopic (exact) mass is 340 g/mol. The summed E-state index contributed by atoms with van der Waals surface area (Å²) in [6, 6.07) is 6.27. The molecule has 1 aliphatic rings. The molecule has 1 aromatic carbocycles. The molecule has 1 unspecified atom stereocenters. The van der Waals surface area contributed by atoms with Crippen LogP contribution < -0.4 is 0 Å². The van der Waals surface area contributed by atoms with Crippen molar-refractivity contribution in [3.8, 4) is 0 Å². The van der Waals surface area contributed by atoms with Crippen LogP contribution in [0.15, 0.2) is 35.2 Å². The van der Waals surface area contributed by atoms with Gasteiger partial charge in [-0.1, -0.05) is 6.07 Å². The van der Waals surface area contributed by atoms with Gasteiger partial charge in [0.15, 0.2) is 12.1 Å². The van der Waals surface area contributed by atoms with Crippen molar-refractivity contribution in [3.63, 3.8) is 0 Å². The van der Waals surface area contributed by atoms with Crippen molar-refractivity contribution in [2.75, 3.05) is 26.3 Å². The number of aromatic amines is 1. The lowest BCUT2D eigenvalue weighted by Gasteiger charge is -2.23. The summed E-state index contributed by atoms with van der Waals surface area (Å²) in [6.45, 7) is 4.16. The zero-order chi connectivity index (χ0) is 17.2. The molecule has 0 radical (unpaired) electrons. The SMILES string of the molecule is Cc1ocnc1C(=O)N1CCOCC(Cc2ccc3[nH]ncc3c2)C1. The van der Waals surface area contributed by atoms with Crippen LogP contribution in [0.5, 0.6) is 0 Å². The smallest absolute Gasteiger partial charge is 0.276 e. The Hall–Kier alpha value is -2.67. The van der Waals surface area contributed by atoms with E-state index in [-0.39, 0.29) is 11.8 Å². The van der Waals surface area contributed by atoms with Crippen LogP contribution >= 0.6 is 0 Å². The molecule has 0 spiro atoms. The van der Waals surface area contributed by atoms with Crippen molar-refractivity contribution in [3.05, 3.63) is 47.8 Å². The Labute approximate surface area is 145 Å². The summed E-state index contributed by atoms with van der Waals surface area (Å²) >= 11 is 0. The van der Waals surface area contributed by atoms with Crippen molar-refractivity contribution in [2.24, 2.45) is 5.92 Å². The number of hydrogen-bond acceptors (Lipinski definition) is 5. The number of fused-ring (bicyclic) bond motifs is 1. The number of carbonyl (C=O) groups is 1. The Bertz CT molecular complexity index is 885. The Morgan fingerprint density at radius 1 is 1.44 bits per heavy atom. The first-order chi connectivity index (χ1) is 12.2. The van der Waals surface area contributed by atoms with E-state index in [1.54, 1.807) is 6.92 Å². The van der Waals surface area contributed by atoms with E-state index in [4.69, 9.17) is 9.15 Å². The number of hydrogen-bond donors (Lipinski definition) is 1. The first kappa shape index (κ1) is 15.8. The molecule has 1 fully saturated rings. The highest BCUT2D eigenvalue weighted by molar-refractivity contribution is 5.93. The highest BCUT2D eigenvalue weighted by atomic mass is 16.5. The molecular formula is C18H20N4O3. The van der Waals surface area contributed by atoms with Gasteiger partial charge in [0, 0.05) is 24.4 Å². The molecule has 1 aliphatic heterocycles. The fraction of sp³-hybridized carbons (Fsp3) is 0.389. The molecule has 0 bridgehead atoms. The second-order valence-corrected chi connectivity index (χ2v) is 6.44. The van der Waals surface area contributed by atoms with Crippen molar-refractivity contribution in [1.29, 1.82) is 0 Å². The van der Waals surface area contributed by atoms with Crippen LogP contribution in [0.3, 0.4) is 0 Å². The number of aromatic nitrogens is 3. The summed E-state index contributed by atoms with van der Waals surface area (Å²) in [5.41, 5.74) is 2.63. The molecule has 4 rings (SSSR count). The van der Waals surface area contributed by atoms with E-state index in [1.807, 2.05) is 17.2 Å². The molecule has 1 saturated heterocycles. The Balaban J connectivity index is 1.49. The second kappa shape index (κ2) is 6.68. The third kappa shape index (κ3) is 3.28. The third-order valence-corrected chi connectivity index (χ3v) is 4.60. The number of H-pyrrole nitrogens is 1. The molecule has 7 nitrogen and oxygen atoms in total. The molecule has 3 heterocycles. The molecule has 25 heavy (non-hydrogen) atoms. The van der Waals surface area contributed by atoms with E-state index in [0.29, 0.717) is 37.8 Å². The molecule has 2 aromatic heterocycles. The van der Waals surface area contributed by atoms with Gasteiger partial charge in [-0.2, -0.15) is 5.10 Å². The Morgan fingerprint density at radius 3 is 3.20 bits per heavy atom. The average molecular weight is 340 g/mol. The normalized spacial score (nSPS) is 18.4. The summed E-state index contributed by atoms with van der Waals surface area (Å²) < 4.78 is 10.9. The number of nitrogens with zero attached hydrogens (tertiary/aromatic N) is 3. The van der Waals surface area contributed by atoms with Gasteiger partial charge in [-0.05, 0) is 31.0 Å². The van der Waals surface area contributed by atoms with Gasteiger partial charge in [0.2, 0.25) is 0 Å². The van der Waals surface area contributed by atoms with Crippen LogP contribution in [0.1, 0.15) is 21.8 Å². The standard InChI is InChI=1S/C18H20N4O3/c1-12-17(19-11-25-12)18(23)22-4-5-24-10-14(9-22)6-13-2-3-16-15(7-13)8-20-21-16/h2-3,7-8,11,14H,4-6,9-10H2,1H3,(H,20,21). The van der Waals surface area contributed by atoms with E-state index < -0.39 is 0 Å². The van der Waals surface area contributed by atoms with Gasteiger partial charge in [0.1, 0.15) is 5.76 Å². The highest BCUT2D eigenvalue weighted by Gasteiger charge is 2.26. The molecule has 0 aliphatic carbocycles. The number of carbonyl (C=O) groups excluding carboxylic acids is 1. The number of rotatable bonds is 3. The van der Waals surface area contributed by atoms with Crippen LogP contribution in [-0.2, 0) is 11.2 Å². The molecule has 7 heteroatoms. The van der Waals surface area contributed by atoms with Gasteiger partial charge in [0.25, 0.3) is 5.91 Å². The molecule has 1 atom stereocenters. The fourth-order valence-electron chi connectivity index (χ4n) is 3.30. The lowest BCUT2D eigenvalue weighted by molar-refractivity contribution is 0.0730. The van der Waals surface area contributed by atoms with Crippen molar-refractivity contribution >= 4 is 16.8 Å². The van der Waals surface area contributed by atoms with E-state index in [0.717, 1.165) is 17.3 Å². The molecule has 1 amide bonds. The minimum absolute atomic E-state index is 0.0907. The predicted molar refractivity (Wildman–Crippen MR) is 91.3 cm³/mol. The number of ether oxygens (including phenoxy) is 1. The quantitative estimate of drug-likeness (QED) is 0.790. The minimum Gasteiger partial charge on any atom is -0.448 e. The number of amides is 1. The van der Waals surface area contributed by atoms with E-state index in [2.05, 4.69) is 27.3 Å². The molecule has 1 N–H and O–H groups in total. The topological polar surface area (TPSA) is 84.3 Å². The first-order valence-corrected chi connectivity index (χ1v) is 8.40. The molecular weight excluding hydrogens is 320 g/mol. The Kier molecular flexibility index (Phi) is 4.23. The summed E-state index contributed by atoms with van der Waals surface area (Å²) in [5, 5.41) is 8.11. The molecule has 130 valence electrons. The summed E-state index contributed by atoms with van der Waals surface area (Å²) in [4.78, 5) is 18.6. The van der Waals surface area contributed by atoms with E-state index >= 15 is 0 Å². The van der Waals surface area contributed by atoms with Gasteiger partial charge in [-0.25, -0.2) is 4.98 Å². The zero-order valence-corrected chi connectivity index (χ0v) is 14.1. The van der Waals surface area contributed by atoms with Crippen LogP contribution in [0.4, 0.5) is 0 Å². The largest absolute Gasteiger partial charge is 0.448 e. The molecule has 3 aromatic rings. The van der Waals surface area contributed by atoms with Gasteiger partial charge in [-0.3, -0.25) is 9.89 Å². The Morgan fingerprint density at radius 2 is 2.36 bits per heavy atom. The number of aryl methyl sites for hydroxylation is 1. The second-order valence-electron chi connectivity index (χ2n) is 6.44. The highest BCUT2D eigenvalue weighted by Crippen LogP contribution is 2.19. The third-order valence-electron chi connectivity index (χ3n) is 4.60. The summed E-state index contributed by atoms with van der Waals surface area (Å²) in [5.74, 6) is 0.701. The van der Waals surface area contributed by atoms with Crippen molar-refractivity contribution in [1.82, 2.24) is 20.1 Å². The van der Waals surface area contributed by atoms with Crippen LogP contribution in [-0.4, -0.2) is 52.3 Å². The number of benzene rings is 1. The van der Waals surface area contributed by atoms with Gasteiger partial charge >= 0.3 is 0 Å². The van der Waals surface area contributed by atoms with E-state index in [9.17, 15) is 4.79 Å². The van der Waals surface area contributed by atoms with E-state index in [1.165, 1.54) is 12.0 Å². The van der Waals surface area contributed by atoms with Gasteiger partial charge < -0.3 is 14.1 Å². The predicted octanol–water partition coefficient (Wildman–Crippen LogP) is 2.19. The maximum atomic E-state index is 12.7. The van der Waals surface area contributed by atoms with Crippen LogP contribution in [0.25, 0.3) is 10.9 Å². The lowest BCUT2D eigenvalue weighted by Crippen LogP contribution is -2.36. The zero-order valence-electron chi connectivity index (χ0n) is 14.1. The summed E-state index contributed by atoms with van der Waals surface area (Å²) in [7, 11) is 0. The van der Waals surface area contributed by atoms with Crippen LogP contribution in [0.2, 0.25) is 0 Å². The van der Waals surface area contributed by atoms with Gasteiger partial charge in [0.05, 0.1) is 24.9 Å². The number of nitrogens with one attached hydrogen (secondary N) is 1.